The third-order valence-electron chi connectivity index (χ3n) is 1.52. The molecule has 0 heterocycles. The number of rotatable bonds is 2. The second-order valence-corrected chi connectivity index (χ2v) is 4.97. The Morgan fingerprint density at radius 2 is 1.94 bits per heavy atom. The summed E-state index contributed by atoms with van der Waals surface area (Å²) in [4.78, 5) is 10.8. The SMILES string of the molecule is CC(=O)N(C)NC(=S)NC(C)S(=O)(=O)O.[NaH]. The summed E-state index contributed by atoms with van der Waals surface area (Å²) in [5, 5.41) is 2.06. The van der Waals surface area contributed by atoms with Crippen molar-refractivity contribution in [3.63, 3.8) is 0 Å². The topological polar surface area (TPSA) is 98.7 Å². The molecule has 0 bridgehead atoms. The fraction of sp³-hybridized carbons (Fsp3) is 0.667. The van der Waals surface area contributed by atoms with E-state index < -0.39 is 15.5 Å². The zero-order valence-corrected chi connectivity index (χ0v) is 10.1. The van der Waals surface area contributed by atoms with Crippen LogP contribution in [0.2, 0.25) is 0 Å². The van der Waals surface area contributed by atoms with Gasteiger partial charge >= 0.3 is 29.6 Å². The predicted molar refractivity (Wildman–Crippen MR) is 65.5 cm³/mol. The molecule has 0 saturated heterocycles. The third kappa shape index (κ3) is 7.36. The molecule has 10 heteroatoms. The zero-order chi connectivity index (χ0) is 12.2. The van der Waals surface area contributed by atoms with Crippen LogP contribution in [0.3, 0.4) is 0 Å². The maximum absolute atomic E-state index is 10.8. The van der Waals surface area contributed by atoms with Crippen LogP contribution < -0.4 is 10.7 Å². The number of carbonyl (C=O) groups excluding carboxylic acids is 1. The van der Waals surface area contributed by atoms with Gasteiger partial charge in [-0.05, 0) is 19.1 Å². The number of amides is 1. The molecule has 90 valence electrons. The van der Waals surface area contributed by atoms with Gasteiger partial charge in [0.2, 0.25) is 5.91 Å². The first kappa shape index (κ1) is 18.4. The molecule has 0 aliphatic heterocycles. The first-order valence-corrected chi connectivity index (χ1v) is 5.83. The number of hydrazine groups is 1. The number of nitrogens with zero attached hydrogens (tertiary/aromatic N) is 1. The Morgan fingerprint density at radius 3 is 2.25 bits per heavy atom. The second kappa shape index (κ2) is 7.41. The van der Waals surface area contributed by atoms with Crippen molar-refractivity contribution in [1.82, 2.24) is 15.8 Å². The number of carbonyl (C=O) groups is 1. The predicted octanol–water partition coefficient (Wildman–Crippen LogP) is -1.57. The molecule has 0 radical (unpaired) electrons. The summed E-state index contributed by atoms with van der Waals surface area (Å²) in [5.74, 6) is -0.293. The average Bonchev–Trinajstić information content (AvgIpc) is 2.01. The van der Waals surface area contributed by atoms with Crippen molar-refractivity contribution in [3.05, 3.63) is 0 Å². The van der Waals surface area contributed by atoms with Crippen LogP contribution in [0.25, 0.3) is 0 Å². The van der Waals surface area contributed by atoms with Crippen molar-refractivity contribution in [1.29, 1.82) is 0 Å². The monoisotopic (exact) mass is 279 g/mol. The van der Waals surface area contributed by atoms with E-state index in [-0.39, 0.29) is 40.6 Å². The fourth-order valence-corrected chi connectivity index (χ4v) is 1.18. The molecule has 0 aromatic carbocycles. The Bertz CT molecular complexity index is 359. The first-order chi connectivity index (χ1) is 6.64. The second-order valence-electron chi connectivity index (χ2n) is 2.82. The van der Waals surface area contributed by atoms with E-state index in [2.05, 4.69) is 10.7 Å². The number of thiocarbonyl (C=S) groups is 1. The van der Waals surface area contributed by atoms with E-state index in [0.717, 1.165) is 5.01 Å². The normalized spacial score (nSPS) is 12.0. The van der Waals surface area contributed by atoms with Gasteiger partial charge in [0.15, 0.2) is 10.5 Å². The van der Waals surface area contributed by atoms with Gasteiger partial charge in [0.05, 0.1) is 0 Å². The van der Waals surface area contributed by atoms with Gasteiger partial charge in [-0.1, -0.05) is 0 Å². The van der Waals surface area contributed by atoms with Crippen LogP contribution in [0.15, 0.2) is 0 Å². The summed E-state index contributed by atoms with van der Waals surface area (Å²) in [6, 6.07) is 0. The van der Waals surface area contributed by atoms with Crippen LogP contribution in [0.1, 0.15) is 13.8 Å². The van der Waals surface area contributed by atoms with Crippen molar-refractivity contribution in [2.75, 3.05) is 7.05 Å². The van der Waals surface area contributed by atoms with E-state index >= 15 is 0 Å². The van der Waals surface area contributed by atoms with E-state index in [4.69, 9.17) is 16.8 Å². The molecular formula is C6H14N3NaO4S2. The number of nitrogens with one attached hydrogen (secondary N) is 2. The van der Waals surface area contributed by atoms with Gasteiger partial charge in [-0.15, -0.1) is 0 Å². The van der Waals surface area contributed by atoms with E-state index in [1.807, 2.05) is 0 Å². The van der Waals surface area contributed by atoms with Crippen molar-refractivity contribution in [2.45, 2.75) is 19.2 Å². The summed E-state index contributed by atoms with van der Waals surface area (Å²) in [6.45, 7) is 2.53. The van der Waals surface area contributed by atoms with E-state index in [9.17, 15) is 13.2 Å². The van der Waals surface area contributed by atoms with Gasteiger partial charge in [0.1, 0.15) is 0 Å². The van der Waals surface area contributed by atoms with Crippen molar-refractivity contribution in [2.24, 2.45) is 0 Å². The summed E-state index contributed by atoms with van der Waals surface area (Å²) in [5.41, 5.74) is 2.41. The Hall–Kier alpha value is 0.0700. The van der Waals surface area contributed by atoms with Crippen molar-refractivity contribution >= 4 is 62.9 Å². The molecule has 3 N–H and O–H groups in total. The summed E-state index contributed by atoms with van der Waals surface area (Å²) >= 11 is 4.70. The van der Waals surface area contributed by atoms with E-state index in [1.165, 1.54) is 20.9 Å². The summed E-state index contributed by atoms with van der Waals surface area (Å²) in [6.07, 6.45) is 0. The molecule has 7 nitrogen and oxygen atoms in total. The molecular weight excluding hydrogens is 265 g/mol. The molecule has 0 spiro atoms. The molecule has 1 atom stereocenters. The minimum atomic E-state index is -4.20. The van der Waals surface area contributed by atoms with E-state index in [1.54, 1.807) is 0 Å². The molecule has 1 unspecified atom stereocenters. The third-order valence-corrected chi connectivity index (χ3v) is 2.74. The molecule has 0 saturated carbocycles. The maximum atomic E-state index is 10.8. The van der Waals surface area contributed by atoms with Gasteiger partial charge in [-0.2, -0.15) is 8.42 Å². The Morgan fingerprint density at radius 1 is 1.50 bits per heavy atom. The molecule has 1 amide bonds. The Labute approximate surface area is 122 Å². The minimum absolute atomic E-state index is 0. The van der Waals surface area contributed by atoms with Crippen molar-refractivity contribution in [3.8, 4) is 0 Å². The quantitative estimate of drug-likeness (QED) is 0.243. The summed E-state index contributed by atoms with van der Waals surface area (Å²) in [7, 11) is -2.77. The molecule has 0 aromatic heterocycles. The van der Waals surface area contributed by atoms with Crippen LogP contribution in [0.5, 0.6) is 0 Å². The molecule has 0 aromatic rings. The van der Waals surface area contributed by atoms with Crippen LogP contribution >= 0.6 is 12.2 Å². The van der Waals surface area contributed by atoms with Crippen LogP contribution in [0, 0.1) is 0 Å². The number of hydrogen-bond acceptors (Lipinski definition) is 4. The van der Waals surface area contributed by atoms with Gasteiger partial charge in [0, 0.05) is 14.0 Å². The standard InChI is InChI=1S/C6H13N3O4S2.Na.H/c1-4(15(11,12)13)7-6(14)8-9(3)5(2)10;;/h4H,1-3H3,(H2,7,8,14)(H,11,12,13);;. The molecule has 0 aliphatic rings. The molecule has 0 fully saturated rings. The van der Waals surface area contributed by atoms with Gasteiger partial charge in [-0.3, -0.25) is 19.8 Å². The van der Waals surface area contributed by atoms with Gasteiger partial charge < -0.3 is 5.32 Å². The van der Waals surface area contributed by atoms with Crippen LogP contribution in [-0.4, -0.2) is 71.0 Å². The molecule has 0 aliphatic carbocycles. The molecule has 0 rings (SSSR count). The van der Waals surface area contributed by atoms with Crippen LogP contribution in [0.4, 0.5) is 0 Å². The average molecular weight is 279 g/mol. The fourth-order valence-electron chi connectivity index (χ4n) is 0.522. The Balaban J connectivity index is 0. The van der Waals surface area contributed by atoms with Gasteiger partial charge in [-0.25, -0.2) is 0 Å². The summed E-state index contributed by atoms with van der Waals surface area (Å²) < 4.78 is 29.8. The van der Waals surface area contributed by atoms with Crippen molar-refractivity contribution < 1.29 is 17.8 Å². The Kier molecular flexibility index (Phi) is 8.53. The van der Waals surface area contributed by atoms with Crippen LogP contribution in [-0.2, 0) is 14.9 Å². The number of hydrogen-bond donors (Lipinski definition) is 3. The molecule has 16 heavy (non-hydrogen) atoms. The van der Waals surface area contributed by atoms with Gasteiger partial charge in [0.25, 0.3) is 10.1 Å². The van der Waals surface area contributed by atoms with E-state index in [0.29, 0.717) is 0 Å². The first-order valence-electron chi connectivity index (χ1n) is 3.92. The zero-order valence-electron chi connectivity index (χ0n) is 8.51.